The monoisotopic (exact) mass is 544 g/mol. The molecule has 1 atom stereocenters. The number of amides is 1. The summed E-state index contributed by atoms with van der Waals surface area (Å²) in [6.45, 7) is 3.62. The molecule has 3 N–H and O–H groups in total. The molecule has 10 nitrogen and oxygen atoms in total. The summed E-state index contributed by atoms with van der Waals surface area (Å²) in [5, 5.41) is 20.2. The summed E-state index contributed by atoms with van der Waals surface area (Å²) < 4.78 is 6.05. The van der Waals surface area contributed by atoms with Gasteiger partial charge in [0.05, 0.1) is 28.8 Å². The number of likely N-dealkylation sites (tertiary alicyclic amines) is 1. The van der Waals surface area contributed by atoms with E-state index in [1.54, 1.807) is 30.7 Å². The van der Waals surface area contributed by atoms with Gasteiger partial charge in [-0.1, -0.05) is 18.2 Å². The Balaban J connectivity index is 1.34. The van der Waals surface area contributed by atoms with Crippen molar-refractivity contribution in [3.05, 3.63) is 95.7 Å². The van der Waals surface area contributed by atoms with Crippen LogP contribution >= 0.6 is 0 Å². The van der Waals surface area contributed by atoms with E-state index < -0.39 is 5.92 Å². The summed E-state index contributed by atoms with van der Waals surface area (Å²) in [7, 11) is 0. The average molecular weight is 545 g/mol. The minimum Gasteiger partial charge on any atom is -0.476 e. The SMILES string of the molecule is N=C1C(c2cccc3[nH]ncc23)=CC(c2cccc(OCCN3CCCC3)n2)=C2N=C(c3ccncc3)NC(=O)C12. The number of pyridine rings is 2. The van der Waals surface area contributed by atoms with Crippen molar-refractivity contribution in [1.82, 2.24) is 30.4 Å². The molecule has 2 aliphatic heterocycles. The van der Waals surface area contributed by atoms with Gasteiger partial charge < -0.3 is 15.5 Å². The molecule has 204 valence electrons. The summed E-state index contributed by atoms with van der Waals surface area (Å²) in [6.07, 6.45) is 9.43. The Bertz CT molecular complexity index is 1750. The molecule has 7 rings (SSSR count). The molecule has 5 heterocycles. The number of benzene rings is 1. The van der Waals surface area contributed by atoms with E-state index >= 15 is 0 Å². The van der Waals surface area contributed by atoms with Gasteiger partial charge >= 0.3 is 0 Å². The number of nitrogens with one attached hydrogen (secondary N) is 3. The predicted octanol–water partition coefficient (Wildman–Crippen LogP) is 3.85. The highest BCUT2D eigenvalue weighted by atomic mass is 16.5. The number of rotatable bonds is 7. The fourth-order valence-electron chi connectivity index (χ4n) is 5.67. The van der Waals surface area contributed by atoms with Gasteiger partial charge in [-0.05, 0) is 61.8 Å². The first-order valence-electron chi connectivity index (χ1n) is 13.8. The van der Waals surface area contributed by atoms with Crippen LogP contribution in [-0.2, 0) is 4.79 Å². The number of amidine groups is 1. The average Bonchev–Trinajstić information content (AvgIpc) is 3.70. The number of ether oxygens (including phenoxy) is 1. The Labute approximate surface area is 236 Å². The van der Waals surface area contributed by atoms with Gasteiger partial charge in [-0.15, -0.1) is 0 Å². The summed E-state index contributed by atoms with van der Waals surface area (Å²) in [5.41, 5.74) is 4.97. The van der Waals surface area contributed by atoms with E-state index in [4.69, 9.17) is 14.7 Å². The predicted molar refractivity (Wildman–Crippen MR) is 157 cm³/mol. The molecule has 0 spiro atoms. The Morgan fingerprint density at radius 2 is 1.88 bits per heavy atom. The molecule has 1 unspecified atom stereocenters. The van der Waals surface area contributed by atoms with Gasteiger partial charge in [0, 0.05) is 47.1 Å². The van der Waals surface area contributed by atoms with Crippen LogP contribution in [-0.4, -0.2) is 68.8 Å². The Morgan fingerprint density at radius 3 is 2.73 bits per heavy atom. The molecule has 4 aromatic rings. The van der Waals surface area contributed by atoms with Crippen LogP contribution in [0.25, 0.3) is 22.0 Å². The Kier molecular flexibility index (Phi) is 6.44. The topological polar surface area (TPSA) is 132 Å². The van der Waals surface area contributed by atoms with Crippen molar-refractivity contribution in [3.63, 3.8) is 0 Å². The minimum absolute atomic E-state index is 0.172. The quantitative estimate of drug-likeness (QED) is 0.324. The van der Waals surface area contributed by atoms with Crippen LogP contribution in [0.15, 0.2) is 83.9 Å². The number of nitrogens with zero attached hydrogens (tertiary/aromatic N) is 5. The van der Waals surface area contributed by atoms with Crippen molar-refractivity contribution in [2.75, 3.05) is 26.2 Å². The number of aromatic nitrogens is 4. The third-order valence-corrected chi connectivity index (χ3v) is 7.74. The molecular formula is C31H28N8O2. The van der Waals surface area contributed by atoms with E-state index in [2.05, 4.69) is 25.4 Å². The number of allylic oxidation sites excluding steroid dienone is 3. The highest BCUT2D eigenvalue weighted by Gasteiger charge is 2.39. The molecule has 41 heavy (non-hydrogen) atoms. The normalized spacial score (nSPS) is 19.2. The summed E-state index contributed by atoms with van der Waals surface area (Å²) in [5.74, 6) is -0.287. The zero-order valence-electron chi connectivity index (χ0n) is 22.3. The van der Waals surface area contributed by atoms with Crippen LogP contribution in [0.3, 0.4) is 0 Å². The molecule has 1 aliphatic carbocycles. The second-order valence-electron chi connectivity index (χ2n) is 10.3. The van der Waals surface area contributed by atoms with E-state index in [1.807, 2.05) is 42.5 Å². The van der Waals surface area contributed by atoms with Crippen LogP contribution < -0.4 is 10.1 Å². The van der Waals surface area contributed by atoms with Crippen molar-refractivity contribution in [2.24, 2.45) is 10.9 Å². The first-order chi connectivity index (χ1) is 20.2. The Morgan fingerprint density at radius 1 is 1.05 bits per heavy atom. The number of H-pyrrole nitrogens is 1. The van der Waals surface area contributed by atoms with Crippen molar-refractivity contribution in [2.45, 2.75) is 12.8 Å². The van der Waals surface area contributed by atoms with Gasteiger partial charge in [-0.25, -0.2) is 9.98 Å². The largest absolute Gasteiger partial charge is 0.476 e. The third kappa shape index (κ3) is 4.72. The molecule has 3 aliphatic rings. The molecule has 1 saturated heterocycles. The van der Waals surface area contributed by atoms with Crippen molar-refractivity contribution < 1.29 is 9.53 Å². The summed E-state index contributed by atoms with van der Waals surface area (Å²) in [4.78, 5) is 29.9. The van der Waals surface area contributed by atoms with Crippen LogP contribution in [0.1, 0.15) is 29.7 Å². The molecule has 1 fully saturated rings. The lowest BCUT2D eigenvalue weighted by atomic mass is 9.79. The molecule has 10 heteroatoms. The maximum Gasteiger partial charge on any atom is 0.240 e. The van der Waals surface area contributed by atoms with Crippen molar-refractivity contribution >= 4 is 39.5 Å². The zero-order valence-corrected chi connectivity index (χ0v) is 22.3. The second kappa shape index (κ2) is 10.5. The van der Waals surface area contributed by atoms with Crippen molar-refractivity contribution in [3.8, 4) is 5.88 Å². The number of aliphatic imine (C=N–C) groups is 1. The first-order valence-corrected chi connectivity index (χ1v) is 13.8. The van der Waals surface area contributed by atoms with E-state index in [0.717, 1.165) is 41.7 Å². The third-order valence-electron chi connectivity index (χ3n) is 7.74. The lowest BCUT2D eigenvalue weighted by Crippen LogP contribution is -2.45. The lowest BCUT2D eigenvalue weighted by molar-refractivity contribution is -0.121. The van der Waals surface area contributed by atoms with Gasteiger partial charge in [-0.3, -0.25) is 19.8 Å². The minimum atomic E-state index is -0.903. The molecule has 0 bridgehead atoms. The molecule has 1 amide bonds. The lowest BCUT2D eigenvalue weighted by Gasteiger charge is -2.30. The summed E-state index contributed by atoms with van der Waals surface area (Å²) >= 11 is 0. The maximum absolute atomic E-state index is 13.6. The molecule has 0 radical (unpaired) electrons. The fourth-order valence-corrected chi connectivity index (χ4v) is 5.67. The van der Waals surface area contributed by atoms with E-state index in [9.17, 15) is 10.2 Å². The smallest absolute Gasteiger partial charge is 0.240 e. The van der Waals surface area contributed by atoms with Gasteiger partial charge in [0.15, 0.2) is 0 Å². The van der Waals surface area contributed by atoms with E-state index in [-0.39, 0.29) is 11.6 Å². The number of carbonyl (C=O) groups excluding carboxylic acids is 1. The van der Waals surface area contributed by atoms with E-state index in [1.165, 1.54) is 12.8 Å². The van der Waals surface area contributed by atoms with Crippen LogP contribution in [0.2, 0.25) is 0 Å². The maximum atomic E-state index is 13.6. The zero-order chi connectivity index (χ0) is 27.8. The first kappa shape index (κ1) is 25.0. The number of fused-ring (bicyclic) bond motifs is 2. The molecule has 0 saturated carbocycles. The molecule has 3 aromatic heterocycles. The van der Waals surface area contributed by atoms with Gasteiger partial charge in [-0.2, -0.15) is 5.10 Å². The van der Waals surface area contributed by atoms with E-state index in [0.29, 0.717) is 40.9 Å². The highest BCUT2D eigenvalue weighted by Crippen LogP contribution is 2.40. The van der Waals surface area contributed by atoms with Crippen LogP contribution in [0, 0.1) is 11.3 Å². The van der Waals surface area contributed by atoms with Crippen LogP contribution in [0.4, 0.5) is 0 Å². The summed E-state index contributed by atoms with van der Waals surface area (Å²) in [6, 6.07) is 15.0. The Hall–Kier alpha value is -4.96. The van der Waals surface area contributed by atoms with Crippen molar-refractivity contribution in [1.29, 1.82) is 5.41 Å². The number of hydrogen-bond donors (Lipinski definition) is 3. The number of aromatic amines is 1. The van der Waals surface area contributed by atoms with Gasteiger partial charge in [0.1, 0.15) is 18.4 Å². The van der Waals surface area contributed by atoms with Gasteiger partial charge in [0.2, 0.25) is 11.8 Å². The second-order valence-corrected chi connectivity index (χ2v) is 10.3. The number of hydrogen-bond acceptors (Lipinski definition) is 8. The molecular weight excluding hydrogens is 516 g/mol. The fraction of sp³-hybridized carbons (Fsp3) is 0.226. The number of carbonyl (C=O) groups is 1. The molecule has 1 aromatic carbocycles. The standard InChI is InChI=1S/C31H28N8O2/c32-28-21(20-5-3-7-25-23(20)18-34-38-25)17-22(24-6-4-8-26(35-24)41-16-15-39-13-1-2-14-39)29-27(28)31(40)37-30(36-29)19-9-11-33-12-10-19/h3-12,17-18,27,32H,1-2,13-16H2,(H,34,38)(H,36,37,40). The highest BCUT2D eigenvalue weighted by molar-refractivity contribution is 6.36. The van der Waals surface area contributed by atoms with Crippen LogP contribution in [0.5, 0.6) is 5.88 Å². The van der Waals surface area contributed by atoms with Gasteiger partial charge in [0.25, 0.3) is 0 Å².